The second-order valence-electron chi connectivity index (χ2n) is 4.27. The first-order chi connectivity index (χ1) is 9.29. The molecule has 0 fully saturated rings. The summed E-state index contributed by atoms with van der Waals surface area (Å²) in [6.45, 7) is 0. The van der Waals surface area contributed by atoms with Crippen LogP contribution in [0.15, 0.2) is 42.5 Å². The molecule has 0 aromatic heterocycles. The van der Waals surface area contributed by atoms with Gasteiger partial charge in [-0.25, -0.2) is 0 Å². The predicted octanol–water partition coefficient (Wildman–Crippen LogP) is 5.01. The minimum absolute atomic E-state index is 0.403. The molecule has 6 heteroatoms. The van der Waals surface area contributed by atoms with Crippen LogP contribution in [0.1, 0.15) is 22.7 Å². The standard InChI is InChI=1S/C14H10ClF3IN/c15-10-4-5-12(19)11(7-10)13(20)8-2-1-3-9(6-8)14(16,17)18/h1-7,13H,20H2. The van der Waals surface area contributed by atoms with E-state index in [1.54, 1.807) is 24.3 Å². The number of benzene rings is 2. The summed E-state index contributed by atoms with van der Waals surface area (Å²) in [7, 11) is 0. The fourth-order valence-electron chi connectivity index (χ4n) is 1.84. The van der Waals surface area contributed by atoms with Crippen molar-refractivity contribution in [1.29, 1.82) is 0 Å². The smallest absolute Gasteiger partial charge is 0.320 e. The zero-order chi connectivity index (χ0) is 14.9. The fourth-order valence-corrected chi connectivity index (χ4v) is 2.69. The number of hydrogen-bond acceptors (Lipinski definition) is 1. The van der Waals surface area contributed by atoms with E-state index in [9.17, 15) is 13.2 Å². The first-order valence-corrected chi connectivity index (χ1v) is 7.12. The molecule has 0 aliphatic rings. The molecular formula is C14H10ClF3IN. The Morgan fingerprint density at radius 2 is 1.80 bits per heavy atom. The lowest BCUT2D eigenvalue weighted by Crippen LogP contribution is -2.15. The van der Waals surface area contributed by atoms with Crippen molar-refractivity contribution in [2.24, 2.45) is 5.73 Å². The van der Waals surface area contributed by atoms with Gasteiger partial charge >= 0.3 is 6.18 Å². The zero-order valence-corrected chi connectivity index (χ0v) is 13.0. The molecule has 2 aromatic carbocycles. The van der Waals surface area contributed by atoms with Crippen molar-refractivity contribution in [3.8, 4) is 0 Å². The van der Waals surface area contributed by atoms with E-state index in [4.69, 9.17) is 17.3 Å². The minimum Gasteiger partial charge on any atom is -0.320 e. The van der Waals surface area contributed by atoms with Gasteiger partial charge in [0.1, 0.15) is 0 Å². The Kier molecular flexibility index (Phi) is 4.61. The Bertz CT molecular complexity index is 628. The van der Waals surface area contributed by atoms with E-state index >= 15 is 0 Å². The normalized spacial score (nSPS) is 13.3. The van der Waals surface area contributed by atoms with Gasteiger partial charge in [0.15, 0.2) is 0 Å². The fraction of sp³-hybridized carbons (Fsp3) is 0.143. The Balaban J connectivity index is 2.43. The van der Waals surface area contributed by atoms with Crippen molar-refractivity contribution in [1.82, 2.24) is 0 Å². The van der Waals surface area contributed by atoms with Crippen molar-refractivity contribution in [2.75, 3.05) is 0 Å². The highest BCUT2D eigenvalue weighted by atomic mass is 127. The first kappa shape index (κ1) is 15.6. The van der Waals surface area contributed by atoms with Gasteiger partial charge in [0.05, 0.1) is 11.6 Å². The van der Waals surface area contributed by atoms with Crippen LogP contribution >= 0.6 is 34.2 Å². The Morgan fingerprint density at radius 1 is 1.10 bits per heavy atom. The number of nitrogens with two attached hydrogens (primary N) is 1. The van der Waals surface area contributed by atoms with Crippen LogP contribution in [0.25, 0.3) is 0 Å². The van der Waals surface area contributed by atoms with Crippen LogP contribution in [0.4, 0.5) is 13.2 Å². The third-order valence-electron chi connectivity index (χ3n) is 2.87. The van der Waals surface area contributed by atoms with Gasteiger partial charge in [0, 0.05) is 8.59 Å². The summed E-state index contributed by atoms with van der Waals surface area (Å²) in [5.41, 5.74) is 6.47. The van der Waals surface area contributed by atoms with E-state index in [1.807, 2.05) is 0 Å². The van der Waals surface area contributed by atoms with Crippen LogP contribution in [-0.4, -0.2) is 0 Å². The lowest BCUT2D eigenvalue weighted by atomic mass is 9.98. The van der Waals surface area contributed by atoms with Crippen LogP contribution in [0.5, 0.6) is 0 Å². The van der Waals surface area contributed by atoms with E-state index in [1.165, 1.54) is 6.07 Å². The van der Waals surface area contributed by atoms with Gasteiger partial charge in [0.25, 0.3) is 0 Å². The van der Waals surface area contributed by atoms with Gasteiger partial charge in [-0.2, -0.15) is 13.2 Å². The zero-order valence-electron chi connectivity index (χ0n) is 10.1. The summed E-state index contributed by atoms with van der Waals surface area (Å²) in [6.07, 6.45) is -4.38. The van der Waals surface area contributed by atoms with Crippen molar-refractivity contribution < 1.29 is 13.2 Å². The van der Waals surface area contributed by atoms with Gasteiger partial charge in [-0.1, -0.05) is 23.7 Å². The molecule has 106 valence electrons. The van der Waals surface area contributed by atoms with Crippen LogP contribution in [-0.2, 0) is 6.18 Å². The Labute approximate surface area is 133 Å². The summed E-state index contributed by atoms with van der Waals surface area (Å²) in [5, 5.41) is 0.503. The van der Waals surface area contributed by atoms with E-state index < -0.39 is 17.8 Å². The lowest BCUT2D eigenvalue weighted by Gasteiger charge is -2.16. The van der Waals surface area contributed by atoms with Crippen molar-refractivity contribution in [3.63, 3.8) is 0 Å². The number of halogens is 5. The lowest BCUT2D eigenvalue weighted by molar-refractivity contribution is -0.137. The van der Waals surface area contributed by atoms with Gasteiger partial charge in [-0.05, 0) is 64.0 Å². The maximum Gasteiger partial charge on any atom is 0.416 e. The SMILES string of the molecule is NC(c1cccc(C(F)(F)F)c1)c1cc(Cl)ccc1I. The molecule has 0 aliphatic carbocycles. The minimum atomic E-state index is -4.38. The number of rotatable bonds is 2. The average Bonchev–Trinajstić information content (AvgIpc) is 2.40. The molecular weight excluding hydrogens is 402 g/mol. The summed E-state index contributed by atoms with van der Waals surface area (Å²) < 4.78 is 39.0. The first-order valence-electron chi connectivity index (χ1n) is 5.66. The third-order valence-corrected chi connectivity index (χ3v) is 4.08. The largest absolute Gasteiger partial charge is 0.416 e. The van der Waals surface area contributed by atoms with Crippen molar-refractivity contribution >= 4 is 34.2 Å². The van der Waals surface area contributed by atoms with E-state index in [0.717, 1.165) is 15.7 Å². The molecule has 20 heavy (non-hydrogen) atoms. The predicted molar refractivity (Wildman–Crippen MR) is 81.6 cm³/mol. The number of hydrogen-bond donors (Lipinski definition) is 1. The van der Waals surface area contributed by atoms with Gasteiger partial charge < -0.3 is 5.73 Å². The summed E-state index contributed by atoms with van der Waals surface area (Å²) in [4.78, 5) is 0. The average molecular weight is 412 g/mol. The number of alkyl halides is 3. The highest BCUT2D eigenvalue weighted by Crippen LogP contribution is 2.32. The van der Waals surface area contributed by atoms with E-state index in [-0.39, 0.29) is 0 Å². The van der Waals surface area contributed by atoms with E-state index in [2.05, 4.69) is 22.6 Å². The molecule has 2 aromatic rings. The summed E-state index contributed by atoms with van der Waals surface area (Å²) in [5.74, 6) is 0. The van der Waals surface area contributed by atoms with Crippen molar-refractivity contribution in [3.05, 3.63) is 67.7 Å². The second kappa shape index (κ2) is 5.91. The molecule has 2 rings (SSSR count). The monoisotopic (exact) mass is 411 g/mol. The van der Waals surface area contributed by atoms with Crippen LogP contribution < -0.4 is 5.73 Å². The van der Waals surface area contributed by atoms with Crippen LogP contribution in [0, 0.1) is 3.57 Å². The Hall–Kier alpha value is -0.790. The molecule has 0 saturated carbocycles. The molecule has 0 heterocycles. The van der Waals surface area contributed by atoms with Gasteiger partial charge in [0.2, 0.25) is 0 Å². The maximum absolute atomic E-state index is 12.7. The van der Waals surface area contributed by atoms with Gasteiger partial charge in [-0.3, -0.25) is 0 Å². The van der Waals surface area contributed by atoms with Crippen LogP contribution in [0.2, 0.25) is 5.02 Å². The highest BCUT2D eigenvalue weighted by molar-refractivity contribution is 14.1. The van der Waals surface area contributed by atoms with Crippen LogP contribution in [0.3, 0.4) is 0 Å². The molecule has 0 bridgehead atoms. The molecule has 1 unspecified atom stereocenters. The summed E-state index contributed by atoms with van der Waals surface area (Å²) in [6, 6.07) is 9.56. The van der Waals surface area contributed by atoms with Gasteiger partial charge in [-0.15, -0.1) is 0 Å². The summed E-state index contributed by atoms with van der Waals surface area (Å²) >= 11 is 8.00. The molecule has 2 N–H and O–H groups in total. The topological polar surface area (TPSA) is 26.0 Å². The molecule has 0 spiro atoms. The molecule has 0 aliphatic heterocycles. The highest BCUT2D eigenvalue weighted by Gasteiger charge is 2.30. The second-order valence-corrected chi connectivity index (χ2v) is 5.87. The third kappa shape index (κ3) is 3.45. The quantitative estimate of drug-likeness (QED) is 0.691. The molecule has 0 saturated heterocycles. The molecule has 0 radical (unpaired) electrons. The molecule has 0 amide bonds. The molecule has 1 atom stereocenters. The maximum atomic E-state index is 12.7. The Morgan fingerprint density at radius 3 is 2.45 bits per heavy atom. The van der Waals surface area contributed by atoms with Crippen molar-refractivity contribution in [2.45, 2.75) is 12.2 Å². The molecule has 1 nitrogen and oxygen atoms in total. The van der Waals surface area contributed by atoms with E-state index in [0.29, 0.717) is 16.1 Å².